The Balaban J connectivity index is 1.25. The van der Waals surface area contributed by atoms with Crippen LogP contribution in [0, 0.1) is 6.92 Å². The number of rotatable bonds is 16. The highest BCUT2D eigenvalue weighted by Crippen LogP contribution is 2.23. The van der Waals surface area contributed by atoms with Gasteiger partial charge in [0.1, 0.15) is 30.4 Å². The first kappa shape index (κ1) is 28.6. The van der Waals surface area contributed by atoms with Gasteiger partial charge in [0.15, 0.2) is 0 Å². The molecule has 0 radical (unpaired) electrons. The average Bonchev–Trinajstić information content (AvgIpc) is 3.36. The molecule has 7 nitrogen and oxygen atoms in total. The quantitative estimate of drug-likeness (QED) is 0.0880. The number of carboxylic acids is 1. The molecule has 0 saturated heterocycles. The standard InChI is InChI=1S/C33H36N2O5/c1-25-31(34-33(40-25)28-15-9-6-10-16-28)24-38-29-21-19-26(20-22-29)23-39-35-30(27-13-7-5-8-14-27)17-11-3-2-4-12-18-32(36)37/h5-10,13-16,19-22H,2-4,11-12,17-18,23-24H2,1H3,(H,36,37)/b35-30+. The minimum atomic E-state index is -0.725. The number of ether oxygens (including phenoxy) is 1. The van der Waals surface area contributed by atoms with Crippen LogP contribution in [-0.2, 0) is 22.8 Å². The number of aliphatic carboxylic acids is 1. The summed E-state index contributed by atoms with van der Waals surface area (Å²) < 4.78 is 11.8. The second-order valence-electron chi connectivity index (χ2n) is 9.66. The predicted octanol–water partition coefficient (Wildman–Crippen LogP) is 7.97. The molecule has 7 heteroatoms. The smallest absolute Gasteiger partial charge is 0.303 e. The summed E-state index contributed by atoms with van der Waals surface area (Å²) in [5.41, 5.74) is 4.67. The monoisotopic (exact) mass is 540 g/mol. The summed E-state index contributed by atoms with van der Waals surface area (Å²) in [6.07, 6.45) is 5.76. The van der Waals surface area contributed by atoms with Gasteiger partial charge in [-0.3, -0.25) is 4.79 Å². The van der Waals surface area contributed by atoms with E-state index in [0.29, 0.717) is 19.1 Å². The van der Waals surface area contributed by atoms with Gasteiger partial charge < -0.3 is 19.1 Å². The van der Waals surface area contributed by atoms with Crippen LogP contribution in [0.3, 0.4) is 0 Å². The summed E-state index contributed by atoms with van der Waals surface area (Å²) in [6, 6.07) is 27.7. The predicted molar refractivity (Wildman–Crippen MR) is 155 cm³/mol. The fourth-order valence-electron chi connectivity index (χ4n) is 4.26. The summed E-state index contributed by atoms with van der Waals surface area (Å²) in [4.78, 5) is 21.0. The number of carbonyl (C=O) groups is 1. The molecule has 4 rings (SSSR count). The van der Waals surface area contributed by atoms with Gasteiger partial charge in [0.2, 0.25) is 5.89 Å². The number of hydrogen-bond donors (Lipinski definition) is 1. The zero-order valence-corrected chi connectivity index (χ0v) is 22.9. The maximum atomic E-state index is 10.6. The molecular formula is C33H36N2O5. The van der Waals surface area contributed by atoms with Crippen LogP contribution in [0.1, 0.15) is 67.5 Å². The van der Waals surface area contributed by atoms with Crippen molar-refractivity contribution in [2.45, 2.75) is 65.1 Å². The highest BCUT2D eigenvalue weighted by atomic mass is 16.6. The summed E-state index contributed by atoms with van der Waals surface area (Å²) >= 11 is 0. The van der Waals surface area contributed by atoms with Gasteiger partial charge in [0, 0.05) is 12.0 Å². The number of benzene rings is 3. The van der Waals surface area contributed by atoms with Crippen molar-refractivity contribution in [1.29, 1.82) is 0 Å². The largest absolute Gasteiger partial charge is 0.487 e. The molecule has 4 aromatic rings. The topological polar surface area (TPSA) is 94.2 Å². The fraction of sp³-hybridized carbons (Fsp3) is 0.303. The lowest BCUT2D eigenvalue weighted by molar-refractivity contribution is -0.137. The normalized spacial score (nSPS) is 11.4. The van der Waals surface area contributed by atoms with Gasteiger partial charge in [-0.1, -0.05) is 85.1 Å². The third-order valence-corrected chi connectivity index (χ3v) is 6.53. The van der Waals surface area contributed by atoms with Crippen molar-refractivity contribution < 1.29 is 23.9 Å². The van der Waals surface area contributed by atoms with Crippen LogP contribution >= 0.6 is 0 Å². The third kappa shape index (κ3) is 9.12. The van der Waals surface area contributed by atoms with Crippen LogP contribution < -0.4 is 4.74 Å². The zero-order valence-electron chi connectivity index (χ0n) is 22.9. The molecule has 1 heterocycles. The van der Waals surface area contributed by atoms with Crippen LogP contribution in [0.25, 0.3) is 11.5 Å². The maximum Gasteiger partial charge on any atom is 0.303 e. The molecule has 40 heavy (non-hydrogen) atoms. The third-order valence-electron chi connectivity index (χ3n) is 6.53. The molecule has 0 amide bonds. The summed E-state index contributed by atoms with van der Waals surface area (Å²) in [5, 5.41) is 13.2. The molecule has 208 valence electrons. The first-order chi connectivity index (χ1) is 19.6. The molecule has 0 bridgehead atoms. The van der Waals surface area contributed by atoms with E-state index in [9.17, 15) is 4.79 Å². The van der Waals surface area contributed by atoms with Gasteiger partial charge in [-0.05, 0) is 61.6 Å². The van der Waals surface area contributed by atoms with Gasteiger partial charge >= 0.3 is 5.97 Å². The first-order valence-corrected chi connectivity index (χ1v) is 13.8. The first-order valence-electron chi connectivity index (χ1n) is 13.8. The molecule has 0 atom stereocenters. The van der Waals surface area contributed by atoms with Gasteiger partial charge in [-0.25, -0.2) is 4.98 Å². The summed E-state index contributed by atoms with van der Waals surface area (Å²) in [7, 11) is 0. The van der Waals surface area contributed by atoms with E-state index >= 15 is 0 Å². The van der Waals surface area contributed by atoms with Crippen LogP contribution in [0.5, 0.6) is 5.75 Å². The molecular weight excluding hydrogens is 504 g/mol. The van der Waals surface area contributed by atoms with Crippen molar-refractivity contribution in [2.75, 3.05) is 0 Å². The average molecular weight is 541 g/mol. The summed E-state index contributed by atoms with van der Waals surface area (Å²) in [5.74, 6) is 1.35. The Morgan fingerprint density at radius 3 is 2.17 bits per heavy atom. The van der Waals surface area contributed by atoms with E-state index in [1.807, 2.05) is 91.9 Å². The van der Waals surface area contributed by atoms with Crippen molar-refractivity contribution in [3.05, 3.63) is 108 Å². The lowest BCUT2D eigenvalue weighted by atomic mass is 10.0. The lowest BCUT2D eigenvalue weighted by Gasteiger charge is -2.08. The van der Waals surface area contributed by atoms with Crippen molar-refractivity contribution >= 4 is 11.7 Å². The number of aryl methyl sites for hydroxylation is 1. The number of hydrogen-bond acceptors (Lipinski definition) is 6. The second kappa shape index (κ2) is 15.3. The highest BCUT2D eigenvalue weighted by molar-refractivity contribution is 6.00. The van der Waals surface area contributed by atoms with Crippen molar-refractivity contribution in [2.24, 2.45) is 5.16 Å². The van der Waals surface area contributed by atoms with Crippen LogP contribution in [0.15, 0.2) is 94.5 Å². The summed E-state index contributed by atoms with van der Waals surface area (Å²) in [6.45, 7) is 2.57. The molecule has 1 N–H and O–H groups in total. The molecule has 0 saturated carbocycles. The molecule has 0 unspecified atom stereocenters. The number of carboxylic acid groups (broad SMARTS) is 1. The number of oxime groups is 1. The van der Waals surface area contributed by atoms with Crippen LogP contribution in [0.4, 0.5) is 0 Å². The highest BCUT2D eigenvalue weighted by Gasteiger charge is 2.12. The number of unbranched alkanes of at least 4 members (excludes halogenated alkanes) is 4. The Labute approximate surface area is 235 Å². The molecule has 0 fully saturated rings. The molecule has 1 aromatic heterocycles. The van der Waals surface area contributed by atoms with E-state index in [2.05, 4.69) is 10.1 Å². The molecule has 3 aromatic carbocycles. The van der Waals surface area contributed by atoms with E-state index < -0.39 is 5.97 Å². The number of nitrogens with zero attached hydrogens (tertiary/aromatic N) is 2. The Kier molecular flexibility index (Phi) is 10.9. The molecule has 0 aliphatic heterocycles. The van der Waals surface area contributed by atoms with E-state index in [4.69, 9.17) is 19.1 Å². The van der Waals surface area contributed by atoms with Crippen LogP contribution in [0.2, 0.25) is 0 Å². The van der Waals surface area contributed by atoms with Crippen molar-refractivity contribution in [3.63, 3.8) is 0 Å². The van der Waals surface area contributed by atoms with E-state index in [1.165, 1.54) is 0 Å². The van der Waals surface area contributed by atoms with Gasteiger partial charge in [0.25, 0.3) is 0 Å². The Morgan fingerprint density at radius 1 is 0.825 bits per heavy atom. The van der Waals surface area contributed by atoms with E-state index in [0.717, 1.165) is 78.1 Å². The SMILES string of the molecule is Cc1oc(-c2ccccc2)nc1COc1ccc(CO/N=C(\CCCCCCCC(=O)O)c2ccccc2)cc1. The molecule has 0 aliphatic carbocycles. The fourth-order valence-corrected chi connectivity index (χ4v) is 4.26. The minimum Gasteiger partial charge on any atom is -0.487 e. The maximum absolute atomic E-state index is 10.6. The van der Waals surface area contributed by atoms with E-state index in [-0.39, 0.29) is 6.42 Å². The van der Waals surface area contributed by atoms with Gasteiger partial charge in [-0.2, -0.15) is 0 Å². The van der Waals surface area contributed by atoms with Crippen molar-refractivity contribution in [3.8, 4) is 17.2 Å². The second-order valence-corrected chi connectivity index (χ2v) is 9.66. The Bertz CT molecular complexity index is 1350. The van der Waals surface area contributed by atoms with Gasteiger partial charge in [0.05, 0.1) is 5.71 Å². The van der Waals surface area contributed by atoms with E-state index in [1.54, 1.807) is 0 Å². The Morgan fingerprint density at radius 2 is 1.48 bits per heavy atom. The molecule has 0 spiro atoms. The minimum absolute atomic E-state index is 0.245. The number of aromatic nitrogens is 1. The lowest BCUT2D eigenvalue weighted by Crippen LogP contribution is -2.03. The zero-order chi connectivity index (χ0) is 28.0. The Hall–Kier alpha value is -4.39. The van der Waals surface area contributed by atoms with Crippen LogP contribution in [-0.4, -0.2) is 21.8 Å². The molecule has 0 aliphatic rings. The number of oxazole rings is 1. The van der Waals surface area contributed by atoms with Gasteiger partial charge in [-0.15, -0.1) is 0 Å². The van der Waals surface area contributed by atoms with Crippen molar-refractivity contribution in [1.82, 2.24) is 4.98 Å².